The fraction of sp³-hybridized carbons (Fsp3) is 0.611. The Hall–Kier alpha value is -2.02. The molecule has 25 heavy (non-hydrogen) atoms. The van der Waals surface area contributed by atoms with Crippen molar-refractivity contribution in [3.8, 4) is 0 Å². The van der Waals surface area contributed by atoms with E-state index in [1.807, 2.05) is 4.90 Å². The minimum absolute atomic E-state index is 0.150. The summed E-state index contributed by atoms with van der Waals surface area (Å²) in [5.41, 5.74) is 1.24. The maximum absolute atomic E-state index is 13.1. The topological polar surface area (TPSA) is 67.4 Å². The van der Waals surface area contributed by atoms with Crippen molar-refractivity contribution in [3.05, 3.63) is 29.9 Å². The van der Waals surface area contributed by atoms with Gasteiger partial charge in [0.25, 0.3) is 0 Å². The lowest BCUT2D eigenvalue weighted by atomic mass is 9.84. The highest BCUT2D eigenvalue weighted by molar-refractivity contribution is 5.80. The number of carbonyl (C=O) groups is 1. The van der Waals surface area contributed by atoms with Crippen LogP contribution in [0, 0.1) is 17.7 Å². The van der Waals surface area contributed by atoms with Gasteiger partial charge in [-0.2, -0.15) is 0 Å². The van der Waals surface area contributed by atoms with Gasteiger partial charge in [0.05, 0.1) is 18.3 Å². The monoisotopic (exact) mass is 348 g/mol. The average Bonchev–Trinajstić information content (AvgIpc) is 2.64. The molecule has 1 atom stereocenters. The highest BCUT2D eigenvalue weighted by atomic mass is 19.1. The number of halogens is 1. The molecule has 6 nitrogen and oxygen atoms in total. The molecule has 0 spiro atoms. The molecule has 0 aromatic carbocycles. The number of hydrogen-bond donors (Lipinski definition) is 1. The predicted octanol–water partition coefficient (Wildman–Crippen LogP) is 2.25. The number of aromatic nitrogens is 2. The molecule has 7 heteroatoms. The van der Waals surface area contributed by atoms with Crippen molar-refractivity contribution in [2.45, 2.75) is 26.2 Å². The van der Waals surface area contributed by atoms with Crippen LogP contribution in [0.25, 0.3) is 0 Å². The average molecular weight is 348 g/mol. The first-order valence-electron chi connectivity index (χ1n) is 8.87. The Kier molecular flexibility index (Phi) is 5.96. The Morgan fingerprint density at radius 2 is 2.12 bits per heavy atom. The van der Waals surface area contributed by atoms with Gasteiger partial charge in [0.2, 0.25) is 11.9 Å². The summed E-state index contributed by atoms with van der Waals surface area (Å²) < 4.78 is 18.4. The standard InChI is InChI=1S/C18H25FN4O2/c1-13-3-2-6-23(12-13)17(24)16(14-4-7-25-8-5-14)11-22-18-20-9-15(19)10-21-18/h3,9-10,14,16H,2,4-8,11-12H2,1H3,(H,20,21,22). The number of nitrogens with one attached hydrogen (secondary N) is 1. The second-order valence-corrected chi connectivity index (χ2v) is 6.76. The summed E-state index contributed by atoms with van der Waals surface area (Å²) in [6.07, 6.45) is 7.11. The molecule has 2 aliphatic rings. The largest absolute Gasteiger partial charge is 0.381 e. The molecule has 2 aliphatic heterocycles. The van der Waals surface area contributed by atoms with Gasteiger partial charge < -0.3 is 15.0 Å². The summed E-state index contributed by atoms with van der Waals surface area (Å²) in [5.74, 6) is 0.178. The van der Waals surface area contributed by atoms with E-state index in [0.717, 1.165) is 38.2 Å². The van der Waals surface area contributed by atoms with Crippen molar-refractivity contribution < 1.29 is 13.9 Å². The fourth-order valence-electron chi connectivity index (χ4n) is 3.51. The van der Waals surface area contributed by atoms with Gasteiger partial charge in [-0.05, 0) is 32.1 Å². The van der Waals surface area contributed by atoms with E-state index < -0.39 is 5.82 Å². The first-order valence-corrected chi connectivity index (χ1v) is 8.87. The van der Waals surface area contributed by atoms with E-state index in [1.165, 1.54) is 5.57 Å². The van der Waals surface area contributed by atoms with Gasteiger partial charge in [0, 0.05) is 32.8 Å². The van der Waals surface area contributed by atoms with E-state index in [-0.39, 0.29) is 17.7 Å². The highest BCUT2D eigenvalue weighted by Gasteiger charge is 2.33. The maximum atomic E-state index is 13.1. The molecule has 0 radical (unpaired) electrons. The first-order chi connectivity index (χ1) is 12.1. The lowest BCUT2D eigenvalue weighted by molar-refractivity contribution is -0.137. The zero-order valence-corrected chi connectivity index (χ0v) is 14.6. The van der Waals surface area contributed by atoms with Crippen LogP contribution in [0.1, 0.15) is 26.2 Å². The second-order valence-electron chi connectivity index (χ2n) is 6.76. The lowest BCUT2D eigenvalue weighted by Gasteiger charge is -2.35. The molecule has 0 bridgehead atoms. The van der Waals surface area contributed by atoms with Crippen molar-refractivity contribution in [3.63, 3.8) is 0 Å². The Morgan fingerprint density at radius 1 is 1.40 bits per heavy atom. The van der Waals surface area contributed by atoms with Crippen LogP contribution in [0.4, 0.5) is 10.3 Å². The Morgan fingerprint density at radius 3 is 2.80 bits per heavy atom. The smallest absolute Gasteiger partial charge is 0.228 e. The Labute approximate surface area is 147 Å². The first kappa shape index (κ1) is 17.8. The van der Waals surface area contributed by atoms with Gasteiger partial charge in [0.15, 0.2) is 5.82 Å². The molecule has 0 saturated carbocycles. The Balaban J connectivity index is 1.68. The molecule has 1 saturated heterocycles. The second kappa shape index (κ2) is 8.38. The van der Waals surface area contributed by atoms with Crippen LogP contribution < -0.4 is 5.32 Å². The van der Waals surface area contributed by atoms with Crippen molar-refractivity contribution in [1.82, 2.24) is 14.9 Å². The van der Waals surface area contributed by atoms with Crippen LogP contribution >= 0.6 is 0 Å². The van der Waals surface area contributed by atoms with E-state index in [4.69, 9.17) is 4.74 Å². The van der Waals surface area contributed by atoms with Crippen LogP contribution in [0.2, 0.25) is 0 Å². The van der Waals surface area contributed by atoms with E-state index in [1.54, 1.807) is 0 Å². The van der Waals surface area contributed by atoms with Crippen LogP contribution in [0.3, 0.4) is 0 Å². The van der Waals surface area contributed by atoms with Gasteiger partial charge in [-0.3, -0.25) is 4.79 Å². The summed E-state index contributed by atoms with van der Waals surface area (Å²) in [4.78, 5) is 22.9. The van der Waals surface area contributed by atoms with Gasteiger partial charge in [-0.25, -0.2) is 14.4 Å². The molecule has 1 fully saturated rings. The van der Waals surface area contributed by atoms with E-state index >= 15 is 0 Å². The molecule has 0 aliphatic carbocycles. The van der Waals surface area contributed by atoms with Gasteiger partial charge in [-0.1, -0.05) is 11.6 Å². The van der Waals surface area contributed by atoms with Crippen molar-refractivity contribution in [1.29, 1.82) is 0 Å². The third-order valence-electron chi connectivity index (χ3n) is 4.90. The zero-order valence-electron chi connectivity index (χ0n) is 14.6. The highest BCUT2D eigenvalue weighted by Crippen LogP contribution is 2.27. The molecule has 3 heterocycles. The molecule has 1 unspecified atom stereocenters. The van der Waals surface area contributed by atoms with Crippen LogP contribution in [0.5, 0.6) is 0 Å². The SMILES string of the molecule is CC1=CCCN(C(=O)C(CNc2ncc(F)cn2)C2CCOCC2)C1. The van der Waals surface area contributed by atoms with E-state index in [0.29, 0.717) is 32.3 Å². The van der Waals surface area contributed by atoms with Crippen molar-refractivity contribution in [2.24, 2.45) is 11.8 Å². The number of amides is 1. The quantitative estimate of drug-likeness (QED) is 0.827. The van der Waals surface area contributed by atoms with E-state index in [2.05, 4.69) is 28.3 Å². The Bertz CT molecular complexity index is 614. The summed E-state index contributed by atoms with van der Waals surface area (Å²) in [5, 5.41) is 3.11. The molecule has 1 aromatic rings. The normalized spacial score (nSPS) is 20.1. The number of carbonyl (C=O) groups excluding carboxylic acids is 1. The number of nitrogens with zero attached hydrogens (tertiary/aromatic N) is 3. The maximum Gasteiger partial charge on any atom is 0.228 e. The summed E-state index contributed by atoms with van der Waals surface area (Å²) in [6, 6.07) is 0. The summed E-state index contributed by atoms with van der Waals surface area (Å²) in [6.45, 7) is 5.37. The number of rotatable bonds is 5. The molecule has 1 amide bonds. The van der Waals surface area contributed by atoms with Crippen LogP contribution in [0.15, 0.2) is 24.0 Å². The molecule has 1 N–H and O–H groups in total. The van der Waals surface area contributed by atoms with Crippen LogP contribution in [-0.2, 0) is 9.53 Å². The van der Waals surface area contributed by atoms with Gasteiger partial charge in [-0.15, -0.1) is 0 Å². The molecule has 3 rings (SSSR count). The molecular weight excluding hydrogens is 323 g/mol. The summed E-state index contributed by atoms with van der Waals surface area (Å²) in [7, 11) is 0. The lowest BCUT2D eigenvalue weighted by Crippen LogP contribution is -2.45. The van der Waals surface area contributed by atoms with Gasteiger partial charge >= 0.3 is 0 Å². The minimum Gasteiger partial charge on any atom is -0.381 e. The minimum atomic E-state index is -0.474. The number of anilines is 1. The van der Waals surface area contributed by atoms with Crippen molar-refractivity contribution in [2.75, 3.05) is 38.2 Å². The van der Waals surface area contributed by atoms with Crippen molar-refractivity contribution >= 4 is 11.9 Å². The van der Waals surface area contributed by atoms with E-state index in [9.17, 15) is 9.18 Å². The number of ether oxygens (including phenoxy) is 1. The molecule has 1 aromatic heterocycles. The summed E-state index contributed by atoms with van der Waals surface area (Å²) >= 11 is 0. The predicted molar refractivity (Wildman–Crippen MR) is 92.5 cm³/mol. The third kappa shape index (κ3) is 4.75. The number of hydrogen-bond acceptors (Lipinski definition) is 5. The van der Waals surface area contributed by atoms with Crippen LogP contribution in [-0.4, -0.2) is 53.6 Å². The fourth-order valence-corrected chi connectivity index (χ4v) is 3.51. The zero-order chi connectivity index (χ0) is 17.6. The molecular formula is C18H25FN4O2. The molecule has 136 valence electrons. The van der Waals surface area contributed by atoms with Gasteiger partial charge in [0.1, 0.15) is 0 Å². The third-order valence-corrected chi connectivity index (χ3v) is 4.90.